The first-order chi connectivity index (χ1) is 10.3. The standard InChI is InChI=1S/C18H19NO2.ClH/c20-18(16-8-2-1-3-9-16)21-14-6-12-19-13-11-15-7-4-5-10-17(15)19;/h1-5,7-10H,6,11-14H2;1H. The van der Waals surface area contributed by atoms with Gasteiger partial charge in [0.1, 0.15) is 0 Å². The number of carbonyl (C=O) groups is 1. The minimum atomic E-state index is -0.238. The first-order valence-electron chi connectivity index (χ1n) is 7.39. The second-order valence-corrected chi connectivity index (χ2v) is 5.22. The minimum absolute atomic E-state index is 0. The van der Waals surface area contributed by atoms with Crippen LogP contribution in [0.25, 0.3) is 0 Å². The molecule has 0 aromatic heterocycles. The summed E-state index contributed by atoms with van der Waals surface area (Å²) in [6.07, 6.45) is 1.97. The van der Waals surface area contributed by atoms with E-state index in [0.717, 1.165) is 25.9 Å². The molecule has 0 fully saturated rings. The highest BCUT2D eigenvalue weighted by molar-refractivity contribution is 5.89. The van der Waals surface area contributed by atoms with Gasteiger partial charge in [0.05, 0.1) is 12.2 Å². The summed E-state index contributed by atoms with van der Waals surface area (Å²) in [7, 11) is 0. The predicted molar refractivity (Wildman–Crippen MR) is 90.9 cm³/mol. The summed E-state index contributed by atoms with van der Waals surface area (Å²) in [4.78, 5) is 14.2. The van der Waals surface area contributed by atoms with Crippen molar-refractivity contribution >= 4 is 24.1 Å². The monoisotopic (exact) mass is 317 g/mol. The number of rotatable bonds is 5. The molecular weight excluding hydrogens is 298 g/mol. The number of hydrogen-bond donors (Lipinski definition) is 0. The third kappa shape index (κ3) is 3.80. The molecule has 4 heteroatoms. The van der Waals surface area contributed by atoms with Crippen LogP contribution >= 0.6 is 12.4 Å². The van der Waals surface area contributed by atoms with E-state index < -0.39 is 0 Å². The molecule has 2 aromatic carbocycles. The van der Waals surface area contributed by atoms with Crippen LogP contribution in [0.2, 0.25) is 0 Å². The fourth-order valence-corrected chi connectivity index (χ4v) is 2.72. The molecule has 0 radical (unpaired) electrons. The van der Waals surface area contributed by atoms with Gasteiger partial charge in [-0.15, -0.1) is 12.4 Å². The Hall–Kier alpha value is -2.00. The van der Waals surface area contributed by atoms with E-state index in [2.05, 4.69) is 29.2 Å². The topological polar surface area (TPSA) is 29.5 Å². The summed E-state index contributed by atoms with van der Waals surface area (Å²) in [5, 5.41) is 0. The van der Waals surface area contributed by atoms with Crippen LogP contribution in [0.15, 0.2) is 54.6 Å². The smallest absolute Gasteiger partial charge is 0.338 e. The van der Waals surface area contributed by atoms with Gasteiger partial charge < -0.3 is 9.64 Å². The van der Waals surface area contributed by atoms with Crippen molar-refractivity contribution < 1.29 is 9.53 Å². The van der Waals surface area contributed by atoms with Crippen molar-refractivity contribution in [3.8, 4) is 0 Å². The van der Waals surface area contributed by atoms with Crippen molar-refractivity contribution in [1.29, 1.82) is 0 Å². The van der Waals surface area contributed by atoms with Crippen molar-refractivity contribution in [1.82, 2.24) is 0 Å². The number of anilines is 1. The lowest BCUT2D eigenvalue weighted by Crippen LogP contribution is -2.23. The summed E-state index contributed by atoms with van der Waals surface area (Å²) >= 11 is 0. The normalized spacial score (nSPS) is 12.5. The zero-order valence-corrected chi connectivity index (χ0v) is 13.2. The molecule has 0 bridgehead atoms. The molecule has 0 amide bonds. The number of halogens is 1. The van der Waals surface area contributed by atoms with Gasteiger partial charge in [0.25, 0.3) is 0 Å². The number of fused-ring (bicyclic) bond motifs is 1. The highest BCUT2D eigenvalue weighted by atomic mass is 35.5. The van der Waals surface area contributed by atoms with Crippen molar-refractivity contribution in [2.24, 2.45) is 0 Å². The zero-order chi connectivity index (χ0) is 14.5. The number of hydrogen-bond acceptors (Lipinski definition) is 3. The maximum Gasteiger partial charge on any atom is 0.338 e. The molecule has 0 aliphatic carbocycles. The highest BCUT2D eigenvalue weighted by Gasteiger charge is 2.17. The average molecular weight is 318 g/mol. The fraction of sp³-hybridized carbons (Fsp3) is 0.278. The van der Waals surface area contributed by atoms with Gasteiger partial charge in [0.2, 0.25) is 0 Å². The molecule has 0 saturated heterocycles. The van der Waals surface area contributed by atoms with Crippen molar-refractivity contribution in [2.75, 3.05) is 24.6 Å². The van der Waals surface area contributed by atoms with Crippen LogP contribution in [0.3, 0.4) is 0 Å². The number of esters is 1. The van der Waals surface area contributed by atoms with Gasteiger partial charge in [-0.25, -0.2) is 4.79 Å². The van der Waals surface area contributed by atoms with E-state index in [4.69, 9.17) is 4.74 Å². The molecule has 116 valence electrons. The fourth-order valence-electron chi connectivity index (χ4n) is 2.72. The van der Waals surface area contributed by atoms with Gasteiger partial charge in [-0.05, 0) is 36.6 Å². The van der Waals surface area contributed by atoms with Gasteiger partial charge in [-0.1, -0.05) is 36.4 Å². The third-order valence-electron chi connectivity index (χ3n) is 3.80. The van der Waals surface area contributed by atoms with E-state index in [9.17, 15) is 4.79 Å². The average Bonchev–Trinajstić information content (AvgIpc) is 2.95. The largest absolute Gasteiger partial charge is 0.462 e. The van der Waals surface area contributed by atoms with Crippen molar-refractivity contribution in [3.05, 3.63) is 65.7 Å². The summed E-state index contributed by atoms with van der Waals surface area (Å²) < 4.78 is 5.31. The van der Waals surface area contributed by atoms with Crippen LogP contribution in [0.4, 0.5) is 5.69 Å². The molecule has 0 unspecified atom stereocenters. The Morgan fingerprint density at radius 2 is 1.77 bits per heavy atom. The van der Waals surface area contributed by atoms with Gasteiger partial charge in [-0.3, -0.25) is 0 Å². The summed E-state index contributed by atoms with van der Waals surface area (Å²) in [5.41, 5.74) is 3.36. The second kappa shape index (κ2) is 7.85. The SMILES string of the molecule is Cl.O=C(OCCCN1CCc2ccccc21)c1ccccc1. The first kappa shape index (κ1) is 16.4. The number of ether oxygens (including phenoxy) is 1. The molecule has 0 atom stereocenters. The summed E-state index contributed by atoms with van der Waals surface area (Å²) in [6, 6.07) is 17.6. The molecule has 1 aliphatic heterocycles. The maximum atomic E-state index is 11.8. The first-order valence-corrected chi connectivity index (χ1v) is 7.39. The second-order valence-electron chi connectivity index (χ2n) is 5.22. The lowest BCUT2D eigenvalue weighted by Gasteiger charge is -2.19. The maximum absolute atomic E-state index is 11.8. The van der Waals surface area contributed by atoms with E-state index in [1.54, 1.807) is 12.1 Å². The number of nitrogens with zero attached hydrogens (tertiary/aromatic N) is 1. The molecule has 0 saturated carbocycles. The van der Waals surface area contributed by atoms with Crippen LogP contribution < -0.4 is 4.90 Å². The van der Waals surface area contributed by atoms with E-state index in [1.165, 1.54) is 11.3 Å². The van der Waals surface area contributed by atoms with Gasteiger partial charge in [0, 0.05) is 18.8 Å². The zero-order valence-electron chi connectivity index (χ0n) is 12.4. The van der Waals surface area contributed by atoms with Crippen LogP contribution in [-0.2, 0) is 11.2 Å². The Balaban J connectivity index is 0.00000176. The molecule has 22 heavy (non-hydrogen) atoms. The Morgan fingerprint density at radius 3 is 2.59 bits per heavy atom. The summed E-state index contributed by atoms with van der Waals surface area (Å²) in [6.45, 7) is 2.46. The third-order valence-corrected chi connectivity index (χ3v) is 3.80. The lowest BCUT2D eigenvalue weighted by molar-refractivity contribution is 0.0502. The number of para-hydroxylation sites is 1. The van der Waals surface area contributed by atoms with Gasteiger partial charge in [-0.2, -0.15) is 0 Å². The van der Waals surface area contributed by atoms with Gasteiger partial charge >= 0.3 is 5.97 Å². The van der Waals surface area contributed by atoms with E-state index >= 15 is 0 Å². The highest BCUT2D eigenvalue weighted by Crippen LogP contribution is 2.27. The predicted octanol–water partition coefficient (Wildman–Crippen LogP) is 3.72. The molecule has 0 spiro atoms. The Labute approximate surface area is 137 Å². The molecule has 2 aromatic rings. The molecule has 3 nitrogen and oxygen atoms in total. The van der Waals surface area contributed by atoms with Crippen molar-refractivity contribution in [2.45, 2.75) is 12.8 Å². The number of benzene rings is 2. The van der Waals surface area contributed by atoms with Crippen LogP contribution in [0.1, 0.15) is 22.3 Å². The minimum Gasteiger partial charge on any atom is -0.462 e. The Bertz CT molecular complexity index is 615. The number of carbonyl (C=O) groups excluding carboxylic acids is 1. The Morgan fingerprint density at radius 1 is 1.05 bits per heavy atom. The van der Waals surface area contributed by atoms with Crippen molar-refractivity contribution in [3.63, 3.8) is 0 Å². The van der Waals surface area contributed by atoms with E-state index in [1.807, 2.05) is 18.2 Å². The lowest BCUT2D eigenvalue weighted by atomic mass is 10.2. The molecule has 1 heterocycles. The quantitative estimate of drug-likeness (QED) is 0.622. The van der Waals surface area contributed by atoms with E-state index in [0.29, 0.717) is 12.2 Å². The van der Waals surface area contributed by atoms with E-state index in [-0.39, 0.29) is 18.4 Å². The van der Waals surface area contributed by atoms with Crippen LogP contribution in [0, 0.1) is 0 Å². The summed E-state index contributed by atoms with van der Waals surface area (Å²) in [5.74, 6) is -0.238. The molecular formula is C18H20ClNO2. The molecule has 0 N–H and O–H groups in total. The molecule has 3 rings (SSSR count). The van der Waals surface area contributed by atoms with Crippen LogP contribution in [0.5, 0.6) is 0 Å². The Kier molecular flexibility index (Phi) is 5.84. The van der Waals surface area contributed by atoms with Gasteiger partial charge in [0.15, 0.2) is 0 Å². The molecule has 1 aliphatic rings. The van der Waals surface area contributed by atoms with Crippen LogP contribution in [-0.4, -0.2) is 25.7 Å².